The first kappa shape index (κ1) is 8.94. The highest BCUT2D eigenvalue weighted by molar-refractivity contribution is 5.77. The second-order valence-electron chi connectivity index (χ2n) is 3.65. The van der Waals surface area contributed by atoms with Gasteiger partial charge in [-0.2, -0.15) is 0 Å². The van der Waals surface area contributed by atoms with Crippen molar-refractivity contribution in [3.63, 3.8) is 0 Å². The van der Waals surface area contributed by atoms with Crippen LogP contribution >= 0.6 is 0 Å². The van der Waals surface area contributed by atoms with Gasteiger partial charge in [-0.05, 0) is 18.1 Å². The molecule has 0 unspecified atom stereocenters. The van der Waals surface area contributed by atoms with Gasteiger partial charge in [0.05, 0.1) is 0 Å². The molecule has 0 saturated carbocycles. The van der Waals surface area contributed by atoms with Crippen LogP contribution in [0.15, 0.2) is 29.2 Å². The largest absolute Gasteiger partial charge is 0.324 e. The second-order valence-corrected chi connectivity index (χ2v) is 3.65. The Morgan fingerprint density at radius 2 is 2.21 bits per heavy atom. The maximum Gasteiger partial charge on any atom is 0.274 e. The van der Waals surface area contributed by atoms with E-state index in [0.717, 1.165) is 11.1 Å². The maximum atomic E-state index is 11.6. The van der Waals surface area contributed by atoms with Crippen LogP contribution in [0.2, 0.25) is 0 Å². The molecule has 2 heterocycles. The van der Waals surface area contributed by atoms with Gasteiger partial charge in [0.25, 0.3) is 5.56 Å². The van der Waals surface area contributed by atoms with Crippen LogP contribution in [0.5, 0.6) is 0 Å². The number of aromatic nitrogens is 2. The fourth-order valence-electron chi connectivity index (χ4n) is 1.43. The molecule has 2 aromatic heterocycles. The highest BCUT2D eigenvalue weighted by Gasteiger charge is 2.04. The number of aromatic amines is 1. The normalized spacial score (nSPS) is 11.1. The minimum Gasteiger partial charge on any atom is -0.324 e. The summed E-state index contributed by atoms with van der Waals surface area (Å²) in [4.78, 5) is 18.5. The first-order chi connectivity index (χ1) is 6.68. The molecule has 0 aliphatic heterocycles. The van der Waals surface area contributed by atoms with E-state index in [1.807, 2.05) is 32.0 Å². The minimum absolute atomic E-state index is 0.105. The van der Waals surface area contributed by atoms with Gasteiger partial charge >= 0.3 is 0 Å². The van der Waals surface area contributed by atoms with Crippen molar-refractivity contribution in [3.8, 4) is 0 Å². The van der Waals surface area contributed by atoms with E-state index in [2.05, 4.69) is 9.97 Å². The van der Waals surface area contributed by atoms with E-state index >= 15 is 0 Å². The third kappa shape index (κ3) is 1.41. The van der Waals surface area contributed by atoms with Crippen molar-refractivity contribution in [2.45, 2.75) is 19.8 Å². The van der Waals surface area contributed by atoms with Gasteiger partial charge < -0.3 is 4.98 Å². The van der Waals surface area contributed by atoms with Gasteiger partial charge in [-0.1, -0.05) is 19.9 Å². The van der Waals surface area contributed by atoms with Gasteiger partial charge in [-0.25, -0.2) is 0 Å². The van der Waals surface area contributed by atoms with E-state index in [4.69, 9.17) is 0 Å². The van der Waals surface area contributed by atoms with Crippen LogP contribution < -0.4 is 5.56 Å². The first-order valence-corrected chi connectivity index (χ1v) is 4.66. The van der Waals surface area contributed by atoms with Gasteiger partial charge in [0.2, 0.25) is 0 Å². The first-order valence-electron chi connectivity index (χ1n) is 4.66. The molecular weight excluding hydrogens is 176 g/mol. The van der Waals surface area contributed by atoms with Gasteiger partial charge in [0.15, 0.2) is 0 Å². The molecule has 2 rings (SSSR count). The molecule has 0 bridgehead atoms. The highest BCUT2D eigenvalue weighted by Crippen LogP contribution is 2.14. The Kier molecular flexibility index (Phi) is 2.08. The Hall–Kier alpha value is -1.64. The predicted molar refractivity (Wildman–Crippen MR) is 56.5 cm³/mol. The maximum absolute atomic E-state index is 11.6. The summed E-state index contributed by atoms with van der Waals surface area (Å²) in [6.45, 7) is 4.10. The Balaban J connectivity index is 2.79. The SMILES string of the molecule is CC(C)c1cc2cccnc2c(=O)[nH]1. The molecule has 1 N–H and O–H groups in total. The molecule has 0 aromatic carbocycles. The number of hydrogen-bond donors (Lipinski definition) is 1. The summed E-state index contributed by atoms with van der Waals surface area (Å²) in [5.74, 6) is 0.326. The summed E-state index contributed by atoms with van der Waals surface area (Å²) in [6, 6.07) is 5.73. The van der Waals surface area contributed by atoms with Gasteiger partial charge in [0, 0.05) is 17.3 Å². The summed E-state index contributed by atoms with van der Waals surface area (Å²) in [7, 11) is 0. The van der Waals surface area contributed by atoms with Crippen molar-refractivity contribution in [2.24, 2.45) is 0 Å². The average molecular weight is 188 g/mol. The molecule has 72 valence electrons. The van der Waals surface area contributed by atoms with Crippen LogP contribution in [-0.4, -0.2) is 9.97 Å². The molecule has 3 heteroatoms. The van der Waals surface area contributed by atoms with Crippen LogP contribution in [0.3, 0.4) is 0 Å². The highest BCUT2D eigenvalue weighted by atomic mass is 16.1. The number of nitrogens with zero attached hydrogens (tertiary/aromatic N) is 1. The lowest BCUT2D eigenvalue weighted by Gasteiger charge is -2.05. The molecule has 0 saturated heterocycles. The lowest BCUT2D eigenvalue weighted by atomic mass is 10.1. The molecule has 0 aliphatic carbocycles. The average Bonchev–Trinajstić information content (AvgIpc) is 2.17. The number of hydrogen-bond acceptors (Lipinski definition) is 2. The minimum atomic E-state index is -0.105. The number of nitrogens with one attached hydrogen (secondary N) is 1. The quantitative estimate of drug-likeness (QED) is 0.744. The third-order valence-corrected chi connectivity index (χ3v) is 2.24. The zero-order chi connectivity index (χ0) is 10.1. The van der Waals surface area contributed by atoms with Crippen molar-refractivity contribution in [1.29, 1.82) is 0 Å². The molecular formula is C11H12N2O. The van der Waals surface area contributed by atoms with Crippen molar-refractivity contribution in [3.05, 3.63) is 40.4 Å². The molecule has 3 nitrogen and oxygen atoms in total. The van der Waals surface area contributed by atoms with E-state index in [9.17, 15) is 4.79 Å². The standard InChI is InChI=1S/C11H12N2O/c1-7(2)9-6-8-4-3-5-12-10(8)11(14)13-9/h3-7H,1-2H3,(H,13,14). The number of H-pyrrole nitrogens is 1. The predicted octanol–water partition coefficient (Wildman–Crippen LogP) is 2.05. The lowest BCUT2D eigenvalue weighted by molar-refractivity contribution is 0.819. The summed E-state index contributed by atoms with van der Waals surface area (Å²) in [5, 5.41) is 0.903. The smallest absolute Gasteiger partial charge is 0.274 e. The monoisotopic (exact) mass is 188 g/mol. The Morgan fingerprint density at radius 1 is 1.43 bits per heavy atom. The van der Waals surface area contributed by atoms with E-state index in [0.29, 0.717) is 11.4 Å². The summed E-state index contributed by atoms with van der Waals surface area (Å²) < 4.78 is 0. The van der Waals surface area contributed by atoms with Crippen LogP contribution in [0.4, 0.5) is 0 Å². The summed E-state index contributed by atoms with van der Waals surface area (Å²) >= 11 is 0. The van der Waals surface area contributed by atoms with Crippen molar-refractivity contribution < 1.29 is 0 Å². The van der Waals surface area contributed by atoms with E-state index in [1.165, 1.54) is 0 Å². The van der Waals surface area contributed by atoms with Crippen LogP contribution in [-0.2, 0) is 0 Å². The molecule has 2 aromatic rings. The molecule has 14 heavy (non-hydrogen) atoms. The number of pyridine rings is 2. The molecule has 0 amide bonds. The van der Waals surface area contributed by atoms with Gasteiger partial charge in [-0.3, -0.25) is 9.78 Å². The Morgan fingerprint density at radius 3 is 2.93 bits per heavy atom. The van der Waals surface area contributed by atoms with E-state index in [-0.39, 0.29) is 5.56 Å². The molecule has 0 radical (unpaired) electrons. The van der Waals surface area contributed by atoms with Crippen molar-refractivity contribution in [2.75, 3.05) is 0 Å². The topological polar surface area (TPSA) is 45.8 Å². The van der Waals surface area contributed by atoms with Crippen molar-refractivity contribution in [1.82, 2.24) is 9.97 Å². The Bertz CT molecular complexity index is 514. The van der Waals surface area contributed by atoms with E-state index in [1.54, 1.807) is 6.20 Å². The zero-order valence-electron chi connectivity index (χ0n) is 8.24. The Labute approximate surface area is 81.8 Å². The number of rotatable bonds is 1. The van der Waals surface area contributed by atoms with E-state index < -0.39 is 0 Å². The number of fused-ring (bicyclic) bond motifs is 1. The van der Waals surface area contributed by atoms with Crippen LogP contribution in [0, 0.1) is 0 Å². The van der Waals surface area contributed by atoms with Crippen LogP contribution in [0.25, 0.3) is 10.9 Å². The summed E-state index contributed by atoms with van der Waals surface area (Å²) in [5.41, 5.74) is 1.36. The molecule has 0 atom stereocenters. The molecule has 0 aliphatic rings. The fraction of sp³-hybridized carbons (Fsp3) is 0.273. The fourth-order valence-corrected chi connectivity index (χ4v) is 1.43. The van der Waals surface area contributed by atoms with Gasteiger partial charge in [0.1, 0.15) is 5.52 Å². The summed E-state index contributed by atoms with van der Waals surface area (Å²) in [6.07, 6.45) is 1.63. The molecule has 0 fully saturated rings. The third-order valence-electron chi connectivity index (χ3n) is 2.24. The second kappa shape index (κ2) is 3.25. The van der Waals surface area contributed by atoms with Crippen molar-refractivity contribution >= 4 is 10.9 Å². The lowest BCUT2D eigenvalue weighted by Crippen LogP contribution is -2.11. The zero-order valence-corrected chi connectivity index (χ0v) is 8.24. The van der Waals surface area contributed by atoms with Gasteiger partial charge in [-0.15, -0.1) is 0 Å². The van der Waals surface area contributed by atoms with Crippen LogP contribution in [0.1, 0.15) is 25.5 Å². The molecule has 0 spiro atoms.